The quantitative estimate of drug-likeness (QED) is 0.845. The zero-order chi connectivity index (χ0) is 17.5. The molecule has 1 heterocycles. The molecule has 0 saturated heterocycles. The van der Waals surface area contributed by atoms with Crippen molar-refractivity contribution >= 4 is 17.5 Å². The fourth-order valence-corrected chi connectivity index (χ4v) is 2.50. The van der Waals surface area contributed by atoms with E-state index in [9.17, 15) is 9.59 Å². The lowest BCUT2D eigenvalue weighted by Crippen LogP contribution is -2.28. The van der Waals surface area contributed by atoms with E-state index in [1.54, 1.807) is 18.2 Å². The normalized spacial score (nSPS) is 12.3. The van der Waals surface area contributed by atoms with Crippen LogP contribution in [0.1, 0.15) is 12.0 Å². The van der Waals surface area contributed by atoms with Gasteiger partial charge < -0.3 is 20.1 Å². The molecule has 1 aliphatic heterocycles. The Morgan fingerprint density at radius 1 is 0.920 bits per heavy atom. The molecule has 0 atom stereocenters. The Bertz CT molecular complexity index is 746. The summed E-state index contributed by atoms with van der Waals surface area (Å²) in [6, 6.07) is 14.8. The molecule has 0 saturated carbocycles. The average Bonchev–Trinajstić information content (AvgIpc) is 2.62. The smallest absolute Gasteiger partial charge is 0.226 e. The lowest BCUT2D eigenvalue weighted by Gasteiger charge is -2.19. The third-order valence-corrected chi connectivity index (χ3v) is 3.71. The molecular weight excluding hydrogens is 320 g/mol. The van der Waals surface area contributed by atoms with Crippen molar-refractivity contribution in [3.63, 3.8) is 0 Å². The molecule has 6 heteroatoms. The predicted molar refractivity (Wildman–Crippen MR) is 93.8 cm³/mol. The van der Waals surface area contributed by atoms with Crippen molar-refractivity contribution in [2.45, 2.75) is 12.8 Å². The van der Waals surface area contributed by atoms with Crippen LogP contribution in [0, 0.1) is 0 Å². The van der Waals surface area contributed by atoms with E-state index < -0.39 is 0 Å². The fourth-order valence-electron chi connectivity index (χ4n) is 2.50. The van der Waals surface area contributed by atoms with Gasteiger partial charge in [-0.1, -0.05) is 30.3 Å². The van der Waals surface area contributed by atoms with Crippen LogP contribution in [-0.4, -0.2) is 31.6 Å². The molecule has 1 aliphatic rings. The first kappa shape index (κ1) is 16.8. The Balaban J connectivity index is 1.41. The molecule has 2 amide bonds. The number of rotatable bonds is 6. The molecule has 0 fully saturated rings. The number of amides is 2. The van der Waals surface area contributed by atoms with E-state index in [4.69, 9.17) is 9.47 Å². The fraction of sp³-hybridized carbons (Fsp3) is 0.263. The lowest BCUT2D eigenvalue weighted by molar-refractivity contribution is -0.120. The predicted octanol–water partition coefficient (Wildman–Crippen LogP) is 2.15. The number of anilines is 1. The molecule has 0 aromatic heterocycles. The lowest BCUT2D eigenvalue weighted by atomic mass is 10.1. The average molecular weight is 340 g/mol. The number of nitrogens with one attached hydrogen (secondary N) is 2. The van der Waals surface area contributed by atoms with Crippen LogP contribution in [0.15, 0.2) is 48.5 Å². The number of benzene rings is 2. The van der Waals surface area contributed by atoms with Gasteiger partial charge in [0.25, 0.3) is 0 Å². The van der Waals surface area contributed by atoms with Crippen LogP contribution in [0.5, 0.6) is 11.5 Å². The molecule has 25 heavy (non-hydrogen) atoms. The molecule has 3 rings (SSSR count). The first-order valence-corrected chi connectivity index (χ1v) is 8.21. The Labute approximate surface area is 146 Å². The second-order valence-corrected chi connectivity index (χ2v) is 5.67. The maximum Gasteiger partial charge on any atom is 0.226 e. The molecule has 0 bridgehead atoms. The number of ether oxygens (including phenoxy) is 2. The van der Waals surface area contributed by atoms with E-state index in [1.807, 2.05) is 30.3 Å². The summed E-state index contributed by atoms with van der Waals surface area (Å²) in [5.41, 5.74) is 1.59. The van der Waals surface area contributed by atoms with Gasteiger partial charge in [-0.3, -0.25) is 9.59 Å². The summed E-state index contributed by atoms with van der Waals surface area (Å²) >= 11 is 0. The van der Waals surface area contributed by atoms with Crippen molar-refractivity contribution in [2.75, 3.05) is 25.1 Å². The van der Waals surface area contributed by atoms with Crippen LogP contribution in [0.4, 0.5) is 5.69 Å². The van der Waals surface area contributed by atoms with E-state index in [0.717, 1.165) is 5.56 Å². The monoisotopic (exact) mass is 340 g/mol. The van der Waals surface area contributed by atoms with Crippen molar-refractivity contribution < 1.29 is 19.1 Å². The Hall–Kier alpha value is -3.02. The van der Waals surface area contributed by atoms with Crippen LogP contribution in [0.2, 0.25) is 0 Å². The molecule has 0 spiro atoms. The standard InChI is InChI=1S/C19H20N2O4/c22-18(8-9-20-19(23)12-14-4-2-1-3-5-14)21-15-6-7-16-17(13-15)25-11-10-24-16/h1-7,13H,8-12H2,(H,20,23)(H,21,22). The Kier molecular flexibility index (Phi) is 5.51. The van der Waals surface area contributed by atoms with Crippen LogP contribution in [0.25, 0.3) is 0 Å². The largest absolute Gasteiger partial charge is 0.486 e. The van der Waals surface area contributed by atoms with Crippen LogP contribution < -0.4 is 20.1 Å². The highest BCUT2D eigenvalue weighted by Gasteiger charge is 2.13. The second kappa shape index (κ2) is 8.19. The maximum absolute atomic E-state index is 12.0. The topological polar surface area (TPSA) is 76.7 Å². The Morgan fingerprint density at radius 3 is 2.48 bits per heavy atom. The van der Waals surface area contributed by atoms with Crippen molar-refractivity contribution in [3.05, 3.63) is 54.1 Å². The molecule has 6 nitrogen and oxygen atoms in total. The third kappa shape index (κ3) is 4.97. The number of fused-ring (bicyclic) bond motifs is 1. The van der Waals surface area contributed by atoms with Crippen LogP contribution in [-0.2, 0) is 16.0 Å². The van der Waals surface area contributed by atoms with E-state index in [0.29, 0.717) is 43.4 Å². The number of hydrogen-bond acceptors (Lipinski definition) is 4. The minimum Gasteiger partial charge on any atom is -0.486 e. The molecule has 130 valence electrons. The summed E-state index contributed by atoms with van der Waals surface area (Å²) in [5.74, 6) is 1.03. The molecule has 2 aromatic carbocycles. The second-order valence-electron chi connectivity index (χ2n) is 5.67. The molecular formula is C19H20N2O4. The minimum atomic E-state index is -0.170. The number of hydrogen-bond donors (Lipinski definition) is 2. The highest BCUT2D eigenvalue weighted by Crippen LogP contribution is 2.32. The summed E-state index contributed by atoms with van der Waals surface area (Å²) in [6.07, 6.45) is 0.513. The van der Waals surface area contributed by atoms with E-state index in [1.165, 1.54) is 0 Å². The van der Waals surface area contributed by atoms with Crippen LogP contribution in [0.3, 0.4) is 0 Å². The summed E-state index contributed by atoms with van der Waals surface area (Å²) in [7, 11) is 0. The van der Waals surface area contributed by atoms with Crippen molar-refractivity contribution in [3.8, 4) is 11.5 Å². The van der Waals surface area contributed by atoms with Crippen molar-refractivity contribution in [2.24, 2.45) is 0 Å². The van der Waals surface area contributed by atoms with E-state index in [2.05, 4.69) is 10.6 Å². The minimum absolute atomic E-state index is 0.0988. The summed E-state index contributed by atoms with van der Waals surface area (Å²) in [4.78, 5) is 23.8. The van der Waals surface area contributed by atoms with Crippen molar-refractivity contribution in [1.82, 2.24) is 5.32 Å². The SMILES string of the molecule is O=C(Cc1ccccc1)NCCC(=O)Nc1ccc2c(c1)OCCO2. The van der Waals surface area contributed by atoms with Crippen LogP contribution >= 0.6 is 0 Å². The number of carbonyl (C=O) groups is 2. The van der Waals surface area contributed by atoms with E-state index >= 15 is 0 Å². The molecule has 0 aliphatic carbocycles. The van der Waals surface area contributed by atoms with E-state index in [-0.39, 0.29) is 18.2 Å². The molecule has 0 unspecified atom stereocenters. The van der Waals surface area contributed by atoms with Gasteiger partial charge in [-0.15, -0.1) is 0 Å². The van der Waals surface area contributed by atoms with Gasteiger partial charge in [0, 0.05) is 24.7 Å². The molecule has 2 aromatic rings. The Morgan fingerprint density at radius 2 is 1.68 bits per heavy atom. The first-order chi connectivity index (χ1) is 12.2. The molecule has 0 radical (unpaired) electrons. The van der Waals surface area contributed by atoms with Gasteiger partial charge >= 0.3 is 0 Å². The zero-order valence-corrected chi connectivity index (χ0v) is 13.8. The van der Waals surface area contributed by atoms with Gasteiger partial charge in [0.2, 0.25) is 11.8 Å². The first-order valence-electron chi connectivity index (χ1n) is 8.21. The summed E-state index contributed by atoms with van der Waals surface area (Å²) < 4.78 is 10.9. The zero-order valence-electron chi connectivity index (χ0n) is 13.8. The van der Waals surface area contributed by atoms with Gasteiger partial charge in [-0.25, -0.2) is 0 Å². The molecule has 2 N–H and O–H groups in total. The van der Waals surface area contributed by atoms with Gasteiger partial charge in [-0.2, -0.15) is 0 Å². The summed E-state index contributed by atoms with van der Waals surface area (Å²) in [6.45, 7) is 1.32. The summed E-state index contributed by atoms with van der Waals surface area (Å²) in [5, 5.41) is 5.54. The van der Waals surface area contributed by atoms with Gasteiger partial charge in [0.05, 0.1) is 6.42 Å². The van der Waals surface area contributed by atoms with Gasteiger partial charge in [0.15, 0.2) is 11.5 Å². The maximum atomic E-state index is 12.0. The van der Waals surface area contributed by atoms with Gasteiger partial charge in [0.1, 0.15) is 13.2 Å². The van der Waals surface area contributed by atoms with Gasteiger partial charge in [-0.05, 0) is 17.7 Å². The van der Waals surface area contributed by atoms with Crippen molar-refractivity contribution in [1.29, 1.82) is 0 Å². The third-order valence-electron chi connectivity index (χ3n) is 3.71. The highest BCUT2D eigenvalue weighted by atomic mass is 16.6. The number of carbonyl (C=O) groups excluding carboxylic acids is 2. The highest BCUT2D eigenvalue weighted by molar-refractivity contribution is 5.91.